The number of methoxy groups -OCH3 is 2. The van der Waals surface area contributed by atoms with E-state index in [1.807, 2.05) is 12.1 Å². The standard InChI is InChI=1S/C18H15BrN2O3/c1-23-16-10-12(9-15(19)17(16)24-2)8-13(11-20)18(22)21-14-6-4-3-5-7-14/h3-10H,1-2H3,(H,21,22)/b13-8-. The number of nitrogens with one attached hydrogen (secondary N) is 1. The maximum atomic E-state index is 12.2. The molecule has 0 saturated carbocycles. The van der Waals surface area contributed by atoms with E-state index in [4.69, 9.17) is 9.47 Å². The largest absolute Gasteiger partial charge is 0.493 e. The first-order valence-corrected chi connectivity index (χ1v) is 7.78. The van der Waals surface area contributed by atoms with Gasteiger partial charge in [0, 0.05) is 5.69 Å². The number of ether oxygens (including phenoxy) is 2. The summed E-state index contributed by atoms with van der Waals surface area (Å²) >= 11 is 3.38. The first kappa shape index (κ1) is 17.6. The second-order valence-corrected chi connectivity index (χ2v) is 5.58. The number of hydrogen-bond donors (Lipinski definition) is 1. The lowest BCUT2D eigenvalue weighted by molar-refractivity contribution is -0.112. The van der Waals surface area contributed by atoms with E-state index in [2.05, 4.69) is 21.2 Å². The SMILES string of the molecule is COc1cc(/C=C(/C#N)C(=O)Nc2ccccc2)cc(Br)c1OC. The van der Waals surface area contributed by atoms with Crippen molar-refractivity contribution in [1.82, 2.24) is 0 Å². The zero-order valence-corrected chi connectivity index (χ0v) is 14.8. The number of carbonyl (C=O) groups excluding carboxylic acids is 1. The van der Waals surface area contributed by atoms with Crippen LogP contribution in [-0.2, 0) is 4.79 Å². The fourth-order valence-corrected chi connectivity index (χ4v) is 2.68. The summed E-state index contributed by atoms with van der Waals surface area (Å²) < 4.78 is 11.2. The molecule has 0 heterocycles. The number of amides is 1. The third kappa shape index (κ3) is 4.15. The Hall–Kier alpha value is -2.78. The Bertz CT molecular complexity index is 811. The summed E-state index contributed by atoms with van der Waals surface area (Å²) in [6.07, 6.45) is 1.49. The van der Waals surface area contributed by atoms with E-state index in [0.717, 1.165) is 0 Å². The number of anilines is 1. The first-order chi connectivity index (χ1) is 11.6. The van der Waals surface area contributed by atoms with Crippen LogP contribution in [0.3, 0.4) is 0 Å². The molecule has 0 atom stereocenters. The molecule has 6 heteroatoms. The zero-order chi connectivity index (χ0) is 17.5. The van der Waals surface area contributed by atoms with Crippen molar-refractivity contribution in [3.63, 3.8) is 0 Å². The molecule has 0 radical (unpaired) electrons. The number of para-hydroxylation sites is 1. The molecule has 0 fully saturated rings. The number of hydrogen-bond acceptors (Lipinski definition) is 4. The Balaban J connectivity index is 2.32. The molecule has 0 unspecified atom stereocenters. The van der Waals surface area contributed by atoms with Crippen molar-refractivity contribution in [2.45, 2.75) is 0 Å². The number of carbonyl (C=O) groups is 1. The van der Waals surface area contributed by atoms with Crippen LogP contribution < -0.4 is 14.8 Å². The van der Waals surface area contributed by atoms with Crippen molar-refractivity contribution >= 4 is 33.6 Å². The van der Waals surface area contributed by atoms with Crippen molar-refractivity contribution in [3.8, 4) is 17.6 Å². The van der Waals surface area contributed by atoms with Crippen molar-refractivity contribution in [1.29, 1.82) is 5.26 Å². The van der Waals surface area contributed by atoms with Gasteiger partial charge in [0.25, 0.3) is 5.91 Å². The van der Waals surface area contributed by atoms with Crippen molar-refractivity contribution in [2.75, 3.05) is 19.5 Å². The molecule has 0 aliphatic rings. The third-order valence-corrected chi connectivity index (χ3v) is 3.75. The lowest BCUT2D eigenvalue weighted by atomic mass is 10.1. The van der Waals surface area contributed by atoms with Gasteiger partial charge in [-0.15, -0.1) is 0 Å². The molecule has 1 amide bonds. The van der Waals surface area contributed by atoms with Gasteiger partial charge in [-0.3, -0.25) is 4.79 Å². The van der Waals surface area contributed by atoms with Crippen LogP contribution >= 0.6 is 15.9 Å². The zero-order valence-electron chi connectivity index (χ0n) is 13.2. The average Bonchev–Trinajstić information content (AvgIpc) is 2.59. The van der Waals surface area contributed by atoms with Gasteiger partial charge in [-0.1, -0.05) is 18.2 Å². The summed E-state index contributed by atoms with van der Waals surface area (Å²) in [7, 11) is 3.05. The van der Waals surface area contributed by atoms with Crippen LogP contribution in [0.15, 0.2) is 52.5 Å². The first-order valence-electron chi connectivity index (χ1n) is 6.98. The Morgan fingerprint density at radius 1 is 1.21 bits per heavy atom. The van der Waals surface area contributed by atoms with Crippen LogP contribution in [0.5, 0.6) is 11.5 Å². The maximum absolute atomic E-state index is 12.2. The van der Waals surface area contributed by atoms with Crippen LogP contribution in [0.25, 0.3) is 6.08 Å². The summed E-state index contributed by atoms with van der Waals surface area (Å²) in [6, 6.07) is 14.3. The van der Waals surface area contributed by atoms with Crippen LogP contribution in [0.2, 0.25) is 0 Å². The minimum atomic E-state index is -0.477. The quantitative estimate of drug-likeness (QED) is 0.622. The van der Waals surface area contributed by atoms with Crippen LogP contribution in [0.4, 0.5) is 5.69 Å². The number of nitrogens with zero attached hydrogens (tertiary/aromatic N) is 1. The van der Waals surface area contributed by atoms with E-state index in [-0.39, 0.29) is 5.57 Å². The fraction of sp³-hybridized carbons (Fsp3) is 0.111. The summed E-state index contributed by atoms with van der Waals surface area (Å²) in [5.74, 6) is 0.565. The Labute approximate surface area is 148 Å². The lowest BCUT2D eigenvalue weighted by Crippen LogP contribution is -2.13. The number of halogens is 1. The molecule has 0 spiro atoms. The molecule has 0 aromatic heterocycles. The Morgan fingerprint density at radius 2 is 1.92 bits per heavy atom. The third-order valence-electron chi connectivity index (χ3n) is 3.16. The van der Waals surface area contributed by atoms with Gasteiger partial charge in [-0.25, -0.2) is 0 Å². The highest BCUT2D eigenvalue weighted by molar-refractivity contribution is 9.10. The van der Waals surface area contributed by atoms with Crippen molar-refractivity contribution in [3.05, 3.63) is 58.1 Å². The van der Waals surface area contributed by atoms with Crippen molar-refractivity contribution in [2.24, 2.45) is 0 Å². The lowest BCUT2D eigenvalue weighted by Gasteiger charge is -2.10. The van der Waals surface area contributed by atoms with Gasteiger partial charge in [0.05, 0.1) is 18.7 Å². The summed E-state index contributed by atoms with van der Waals surface area (Å²) in [5.41, 5.74) is 1.24. The molecular formula is C18H15BrN2O3. The normalized spacial score (nSPS) is 10.7. The van der Waals surface area contributed by atoms with Crippen molar-refractivity contribution < 1.29 is 14.3 Å². The molecule has 2 rings (SSSR count). The maximum Gasteiger partial charge on any atom is 0.266 e. The van der Waals surface area contributed by atoms with Gasteiger partial charge in [0.1, 0.15) is 11.6 Å². The van der Waals surface area contributed by atoms with Gasteiger partial charge in [-0.05, 0) is 51.8 Å². The van der Waals surface area contributed by atoms with Gasteiger partial charge in [-0.2, -0.15) is 5.26 Å². The van der Waals surface area contributed by atoms with Gasteiger partial charge < -0.3 is 14.8 Å². The summed E-state index contributed by atoms with van der Waals surface area (Å²) in [6.45, 7) is 0. The highest BCUT2D eigenvalue weighted by atomic mass is 79.9. The van der Waals surface area contributed by atoms with Crippen LogP contribution in [0.1, 0.15) is 5.56 Å². The molecule has 24 heavy (non-hydrogen) atoms. The topological polar surface area (TPSA) is 71.3 Å². The Kier molecular flexibility index (Phi) is 5.99. The van der Waals surface area contributed by atoms with Gasteiger partial charge in [0.2, 0.25) is 0 Å². The monoisotopic (exact) mass is 386 g/mol. The molecule has 2 aromatic rings. The molecule has 2 aromatic carbocycles. The van der Waals surface area contributed by atoms with E-state index in [1.54, 1.807) is 36.4 Å². The smallest absolute Gasteiger partial charge is 0.266 e. The summed E-state index contributed by atoms with van der Waals surface area (Å²) in [5, 5.41) is 12.0. The van der Waals surface area contributed by atoms with E-state index in [0.29, 0.717) is 27.2 Å². The number of nitriles is 1. The summed E-state index contributed by atoms with van der Waals surface area (Å²) in [4.78, 5) is 12.2. The molecule has 0 bridgehead atoms. The highest BCUT2D eigenvalue weighted by Crippen LogP contribution is 2.36. The van der Waals surface area contributed by atoms with Gasteiger partial charge in [0.15, 0.2) is 11.5 Å². The Morgan fingerprint density at radius 3 is 2.50 bits per heavy atom. The number of benzene rings is 2. The van der Waals surface area contributed by atoms with E-state index < -0.39 is 5.91 Å². The minimum Gasteiger partial charge on any atom is -0.493 e. The van der Waals surface area contributed by atoms with E-state index in [1.165, 1.54) is 20.3 Å². The van der Waals surface area contributed by atoms with Crippen LogP contribution in [-0.4, -0.2) is 20.1 Å². The minimum absolute atomic E-state index is 0.0158. The van der Waals surface area contributed by atoms with E-state index >= 15 is 0 Å². The molecular weight excluding hydrogens is 372 g/mol. The second-order valence-electron chi connectivity index (χ2n) is 4.73. The molecule has 5 nitrogen and oxygen atoms in total. The molecule has 122 valence electrons. The molecule has 1 N–H and O–H groups in total. The molecule has 0 aliphatic carbocycles. The predicted octanol–water partition coefficient (Wildman–Crippen LogP) is 4.01. The second kappa shape index (κ2) is 8.18. The number of rotatable bonds is 5. The highest BCUT2D eigenvalue weighted by Gasteiger charge is 2.13. The average molecular weight is 387 g/mol. The van der Waals surface area contributed by atoms with Crippen LogP contribution in [0, 0.1) is 11.3 Å². The van der Waals surface area contributed by atoms with E-state index in [9.17, 15) is 10.1 Å². The predicted molar refractivity (Wildman–Crippen MR) is 95.9 cm³/mol. The molecule has 0 aliphatic heterocycles. The fourth-order valence-electron chi connectivity index (χ4n) is 2.06. The molecule has 0 saturated heterocycles. The van der Waals surface area contributed by atoms with Gasteiger partial charge >= 0.3 is 0 Å².